The molecule has 0 saturated heterocycles. The van der Waals surface area contributed by atoms with Crippen LogP contribution >= 0.6 is 0 Å². The largest absolute Gasteiger partial charge is 0.417 e. The first-order chi connectivity index (χ1) is 15.1. The number of nitrogens with zero attached hydrogens (tertiary/aromatic N) is 1. The second kappa shape index (κ2) is 9.46. The van der Waals surface area contributed by atoms with Crippen LogP contribution in [-0.4, -0.2) is 16.6 Å². The number of nitrogens with one attached hydrogen (secondary N) is 1. The number of carbonyl (C=O) groups is 1. The van der Waals surface area contributed by atoms with E-state index in [1.54, 1.807) is 12.1 Å². The molecule has 166 valence electrons. The van der Waals surface area contributed by atoms with Gasteiger partial charge in [-0.2, -0.15) is 18.4 Å². The Morgan fingerprint density at radius 1 is 1.09 bits per heavy atom. The minimum atomic E-state index is -4.75. The van der Waals surface area contributed by atoms with Crippen LogP contribution < -0.4 is 5.32 Å². The topological polar surface area (TPSA) is 73.1 Å². The zero-order valence-electron chi connectivity index (χ0n) is 17.6. The Hall–Kier alpha value is -3.29. The van der Waals surface area contributed by atoms with Crippen molar-refractivity contribution in [1.82, 2.24) is 0 Å². The van der Waals surface area contributed by atoms with Crippen molar-refractivity contribution in [1.29, 1.82) is 5.26 Å². The number of nitriles is 1. The van der Waals surface area contributed by atoms with E-state index in [-0.39, 0.29) is 5.69 Å². The smallest absolute Gasteiger partial charge is 0.369 e. The van der Waals surface area contributed by atoms with E-state index in [0.29, 0.717) is 24.5 Å². The maximum absolute atomic E-state index is 13.3. The van der Waals surface area contributed by atoms with Gasteiger partial charge in [-0.1, -0.05) is 48.8 Å². The lowest BCUT2D eigenvalue weighted by Gasteiger charge is -2.33. The fourth-order valence-electron chi connectivity index (χ4n) is 3.85. The molecule has 32 heavy (non-hydrogen) atoms. The molecule has 1 saturated carbocycles. The number of alkyl halides is 3. The molecule has 4 nitrogen and oxygen atoms in total. The van der Waals surface area contributed by atoms with E-state index in [4.69, 9.17) is 5.26 Å². The number of aliphatic hydroxyl groups is 1. The van der Waals surface area contributed by atoms with Crippen LogP contribution in [0.2, 0.25) is 0 Å². The molecule has 2 aromatic carbocycles. The van der Waals surface area contributed by atoms with Gasteiger partial charge in [-0.05, 0) is 50.1 Å². The van der Waals surface area contributed by atoms with Gasteiger partial charge in [0.05, 0.1) is 17.2 Å². The second-order valence-corrected chi connectivity index (χ2v) is 8.04. The first-order valence-electron chi connectivity index (χ1n) is 10.4. The Morgan fingerprint density at radius 2 is 1.75 bits per heavy atom. The van der Waals surface area contributed by atoms with E-state index in [9.17, 15) is 23.1 Å². The average molecular weight is 440 g/mol. The fraction of sp³-hybridized carbons (Fsp3) is 0.360. The number of hydrogen-bond donors (Lipinski definition) is 2. The van der Waals surface area contributed by atoms with Crippen LogP contribution in [0.25, 0.3) is 0 Å². The lowest BCUT2D eigenvalue weighted by atomic mass is 9.76. The van der Waals surface area contributed by atoms with Crippen molar-refractivity contribution in [2.75, 3.05) is 5.32 Å². The summed E-state index contributed by atoms with van der Waals surface area (Å²) in [5.74, 6) is 4.25. The zero-order valence-corrected chi connectivity index (χ0v) is 17.6. The van der Waals surface area contributed by atoms with Gasteiger partial charge in [-0.25, -0.2) is 0 Å². The molecular weight excluding hydrogens is 417 g/mol. The second-order valence-electron chi connectivity index (χ2n) is 8.04. The van der Waals surface area contributed by atoms with Crippen molar-refractivity contribution in [3.63, 3.8) is 0 Å². The Kier molecular flexibility index (Phi) is 6.91. The summed E-state index contributed by atoms with van der Waals surface area (Å²) < 4.78 is 39.8. The lowest BCUT2D eigenvalue weighted by molar-refractivity contribution is -0.138. The third kappa shape index (κ3) is 5.30. The van der Waals surface area contributed by atoms with Crippen molar-refractivity contribution in [2.45, 2.75) is 50.8 Å². The predicted octanol–water partition coefficient (Wildman–Crippen LogP) is 5.19. The SMILES string of the molecule is Cc1ccc(C#CC(O)(C(=O)Nc2ccc(C#N)c(C(F)(F)F)c2)C2CCCCC2)cc1. The van der Waals surface area contributed by atoms with Gasteiger partial charge in [0.1, 0.15) is 0 Å². The van der Waals surface area contributed by atoms with Crippen LogP contribution in [0.1, 0.15) is 54.4 Å². The van der Waals surface area contributed by atoms with Crippen LogP contribution in [0.3, 0.4) is 0 Å². The highest BCUT2D eigenvalue weighted by atomic mass is 19.4. The Morgan fingerprint density at radius 3 is 2.34 bits per heavy atom. The van der Waals surface area contributed by atoms with Gasteiger partial charge in [0, 0.05) is 17.2 Å². The molecule has 7 heteroatoms. The molecule has 1 fully saturated rings. The molecule has 0 aromatic heterocycles. The van der Waals surface area contributed by atoms with Crippen LogP contribution in [-0.2, 0) is 11.0 Å². The highest BCUT2D eigenvalue weighted by Crippen LogP contribution is 2.36. The van der Waals surface area contributed by atoms with E-state index in [2.05, 4.69) is 17.2 Å². The molecule has 0 spiro atoms. The summed E-state index contributed by atoms with van der Waals surface area (Å²) >= 11 is 0. The molecule has 1 aliphatic carbocycles. The minimum absolute atomic E-state index is 0.160. The monoisotopic (exact) mass is 440 g/mol. The molecule has 2 N–H and O–H groups in total. The number of rotatable bonds is 3. The van der Waals surface area contributed by atoms with E-state index in [1.165, 1.54) is 12.1 Å². The maximum Gasteiger partial charge on any atom is 0.417 e. The van der Waals surface area contributed by atoms with Gasteiger partial charge >= 0.3 is 6.18 Å². The lowest BCUT2D eigenvalue weighted by Crippen LogP contribution is -2.49. The van der Waals surface area contributed by atoms with Crippen molar-refractivity contribution >= 4 is 11.6 Å². The normalized spacial score (nSPS) is 16.2. The summed E-state index contributed by atoms with van der Waals surface area (Å²) in [7, 11) is 0. The molecule has 0 aliphatic heterocycles. The van der Waals surface area contributed by atoms with Crippen LogP contribution in [0, 0.1) is 36.0 Å². The van der Waals surface area contributed by atoms with Gasteiger partial charge in [0.2, 0.25) is 5.60 Å². The van der Waals surface area contributed by atoms with Gasteiger partial charge in [0.15, 0.2) is 0 Å². The van der Waals surface area contributed by atoms with Crippen LogP contribution in [0.5, 0.6) is 0 Å². The van der Waals surface area contributed by atoms with Crippen LogP contribution in [0.4, 0.5) is 18.9 Å². The molecule has 3 rings (SSSR count). The van der Waals surface area contributed by atoms with Gasteiger partial charge < -0.3 is 10.4 Å². The summed E-state index contributed by atoms with van der Waals surface area (Å²) in [6.07, 6.45) is -0.911. The molecule has 0 radical (unpaired) electrons. The highest BCUT2D eigenvalue weighted by molar-refractivity contribution is 6.00. The third-order valence-corrected chi connectivity index (χ3v) is 5.69. The molecule has 1 aliphatic rings. The van der Waals surface area contributed by atoms with E-state index in [0.717, 1.165) is 30.9 Å². The molecule has 0 bridgehead atoms. The Bertz CT molecular complexity index is 1090. The first kappa shape index (κ1) is 23.4. The zero-order chi connectivity index (χ0) is 23.4. The maximum atomic E-state index is 13.3. The van der Waals surface area contributed by atoms with Crippen molar-refractivity contribution in [3.05, 3.63) is 64.7 Å². The molecule has 1 unspecified atom stereocenters. The molecule has 1 amide bonds. The Labute approximate surface area is 185 Å². The standard InChI is InChI=1S/C25H23F3N2O2/c1-17-7-9-18(10-8-17)13-14-24(32,20-5-3-2-4-6-20)23(31)30-21-12-11-19(16-29)22(15-21)25(26,27)28/h7-12,15,20,32H,2-6H2,1H3,(H,30,31). The quantitative estimate of drug-likeness (QED) is 0.646. The van der Waals surface area contributed by atoms with Gasteiger partial charge in [-0.3, -0.25) is 4.79 Å². The number of carbonyl (C=O) groups excluding carboxylic acids is 1. The predicted molar refractivity (Wildman–Crippen MR) is 114 cm³/mol. The van der Waals surface area contributed by atoms with Gasteiger partial charge in [-0.15, -0.1) is 0 Å². The van der Waals surface area contributed by atoms with E-state index in [1.807, 2.05) is 19.1 Å². The summed E-state index contributed by atoms with van der Waals surface area (Å²) in [6, 6.07) is 11.7. The number of halogens is 3. The number of hydrogen-bond acceptors (Lipinski definition) is 3. The molecular formula is C25H23F3N2O2. The van der Waals surface area contributed by atoms with Crippen molar-refractivity contribution in [3.8, 4) is 17.9 Å². The number of amides is 1. The minimum Gasteiger partial charge on any atom is -0.369 e. The number of aryl methyl sites for hydroxylation is 1. The van der Waals surface area contributed by atoms with E-state index >= 15 is 0 Å². The fourth-order valence-corrected chi connectivity index (χ4v) is 3.85. The van der Waals surface area contributed by atoms with Gasteiger partial charge in [0.25, 0.3) is 5.91 Å². The molecule has 0 heterocycles. The molecule has 1 atom stereocenters. The number of anilines is 1. The Balaban J connectivity index is 1.94. The average Bonchev–Trinajstić information content (AvgIpc) is 2.78. The summed E-state index contributed by atoms with van der Waals surface area (Å²) in [5, 5.41) is 22.7. The van der Waals surface area contributed by atoms with Crippen molar-refractivity contribution < 1.29 is 23.1 Å². The summed E-state index contributed by atoms with van der Waals surface area (Å²) in [5.41, 5.74) is -2.25. The number of benzene rings is 2. The first-order valence-corrected chi connectivity index (χ1v) is 10.4. The van der Waals surface area contributed by atoms with E-state index < -0.39 is 34.7 Å². The van der Waals surface area contributed by atoms with Crippen molar-refractivity contribution in [2.24, 2.45) is 5.92 Å². The van der Waals surface area contributed by atoms with Crippen LogP contribution in [0.15, 0.2) is 42.5 Å². The molecule has 2 aromatic rings. The summed E-state index contributed by atoms with van der Waals surface area (Å²) in [4.78, 5) is 13.1. The highest BCUT2D eigenvalue weighted by Gasteiger charge is 2.43. The summed E-state index contributed by atoms with van der Waals surface area (Å²) in [6.45, 7) is 1.93. The third-order valence-electron chi connectivity index (χ3n) is 5.69.